The highest BCUT2D eigenvalue weighted by Crippen LogP contribution is 2.36. The van der Waals surface area contributed by atoms with Gasteiger partial charge >= 0.3 is 5.97 Å². The van der Waals surface area contributed by atoms with Gasteiger partial charge in [-0.1, -0.05) is 44.4 Å². The van der Waals surface area contributed by atoms with Crippen LogP contribution in [0, 0.1) is 0 Å². The largest absolute Gasteiger partial charge is 0.459 e. The van der Waals surface area contributed by atoms with Crippen molar-refractivity contribution >= 4 is 40.8 Å². The average molecular weight is 485 g/mol. The molecule has 0 fully saturated rings. The van der Waals surface area contributed by atoms with Gasteiger partial charge in [0.05, 0.1) is 12.1 Å². The summed E-state index contributed by atoms with van der Waals surface area (Å²) in [6.45, 7) is 14.1. The molecular weight excluding hydrogens is 444 g/mol. The Bertz CT molecular complexity index is 753. The van der Waals surface area contributed by atoms with Gasteiger partial charge in [-0.05, 0) is 48.0 Å². The van der Waals surface area contributed by atoms with Gasteiger partial charge in [0.25, 0.3) is 0 Å². The summed E-state index contributed by atoms with van der Waals surface area (Å²) in [6.07, 6.45) is 6.19. The zero-order chi connectivity index (χ0) is 24.4. The van der Waals surface area contributed by atoms with Crippen molar-refractivity contribution in [2.24, 2.45) is 0 Å². The number of ketones is 1. The molecule has 0 spiro atoms. The van der Waals surface area contributed by atoms with Crippen LogP contribution in [0.2, 0.25) is 0 Å². The number of ether oxygens (including phenoxy) is 1. The van der Waals surface area contributed by atoms with E-state index in [-0.39, 0.29) is 24.1 Å². The Kier molecular flexibility index (Phi) is 11.9. The molecule has 1 heterocycles. The third-order valence-electron chi connectivity index (χ3n) is 4.69. The second-order valence-electron chi connectivity index (χ2n) is 9.64. The second kappa shape index (κ2) is 13.3. The van der Waals surface area contributed by atoms with Gasteiger partial charge < -0.3 is 9.64 Å². The third kappa shape index (κ3) is 11.5. The lowest BCUT2D eigenvalue weighted by molar-refractivity contribution is -0.156. The number of carbonyl (C=O) groups excluding carboxylic acids is 3. The number of hydrogen-bond donors (Lipinski definition) is 0. The van der Waals surface area contributed by atoms with Crippen LogP contribution in [0.15, 0.2) is 9.72 Å². The molecule has 0 bridgehead atoms. The van der Waals surface area contributed by atoms with Crippen LogP contribution in [0.25, 0.3) is 0 Å². The molecule has 0 atom stereocenters. The van der Waals surface area contributed by atoms with Crippen molar-refractivity contribution in [2.45, 2.75) is 108 Å². The summed E-state index contributed by atoms with van der Waals surface area (Å²) in [5.74, 6) is -0.484. The number of Topliss-reactive ketones (excluding diaryl/α,β-unsaturated/α-hetero) is 1. The van der Waals surface area contributed by atoms with Gasteiger partial charge in [-0.15, -0.1) is 11.3 Å². The standard InChI is InChI=1S/C24H40N2O4S2/c1-8-9-10-11-12-14-26(20(28)16-18(2)27)15-13-19-17-31-22(25-19)32-24(6,7)21(29)30-23(3,4)5/h17H,8-16H2,1-7H3. The molecule has 1 rings (SSSR count). The van der Waals surface area contributed by atoms with Gasteiger partial charge in [-0.2, -0.15) is 0 Å². The molecule has 1 aromatic rings. The molecule has 0 aliphatic heterocycles. The molecule has 0 saturated heterocycles. The predicted molar refractivity (Wildman–Crippen MR) is 132 cm³/mol. The lowest BCUT2D eigenvalue weighted by Gasteiger charge is -2.27. The van der Waals surface area contributed by atoms with Crippen LogP contribution >= 0.6 is 23.1 Å². The summed E-state index contributed by atoms with van der Waals surface area (Å²) in [7, 11) is 0. The molecule has 1 amide bonds. The molecule has 32 heavy (non-hydrogen) atoms. The minimum absolute atomic E-state index is 0.0444. The summed E-state index contributed by atoms with van der Waals surface area (Å²) in [5.41, 5.74) is 0.360. The lowest BCUT2D eigenvalue weighted by Crippen LogP contribution is -2.36. The predicted octanol–water partition coefficient (Wildman–Crippen LogP) is 5.68. The SMILES string of the molecule is CCCCCCCN(CCc1csc(SC(C)(C)C(=O)OC(C)(C)C)n1)C(=O)CC(C)=O. The first-order chi connectivity index (χ1) is 14.8. The molecule has 0 saturated carbocycles. The highest BCUT2D eigenvalue weighted by atomic mass is 32.2. The van der Waals surface area contributed by atoms with E-state index >= 15 is 0 Å². The third-order valence-corrected chi connectivity index (χ3v) is 6.85. The van der Waals surface area contributed by atoms with Crippen molar-refractivity contribution in [3.8, 4) is 0 Å². The maximum absolute atomic E-state index is 12.5. The molecule has 0 N–H and O–H groups in total. The van der Waals surface area contributed by atoms with Crippen molar-refractivity contribution < 1.29 is 19.1 Å². The maximum atomic E-state index is 12.5. The molecule has 0 aromatic carbocycles. The minimum atomic E-state index is -0.746. The van der Waals surface area contributed by atoms with Crippen molar-refractivity contribution in [2.75, 3.05) is 13.1 Å². The van der Waals surface area contributed by atoms with Crippen LogP contribution in [0.5, 0.6) is 0 Å². The maximum Gasteiger partial charge on any atom is 0.322 e. The number of aromatic nitrogens is 1. The normalized spacial score (nSPS) is 12.0. The zero-order valence-electron chi connectivity index (χ0n) is 20.8. The van der Waals surface area contributed by atoms with Crippen molar-refractivity contribution in [1.82, 2.24) is 9.88 Å². The van der Waals surface area contributed by atoms with Gasteiger partial charge in [0.15, 0.2) is 4.34 Å². The number of thiazole rings is 1. The van der Waals surface area contributed by atoms with Crippen LogP contribution in [-0.4, -0.2) is 51.0 Å². The smallest absolute Gasteiger partial charge is 0.322 e. The van der Waals surface area contributed by atoms with E-state index in [1.54, 1.807) is 4.90 Å². The van der Waals surface area contributed by atoms with E-state index in [2.05, 4.69) is 11.9 Å². The number of carbonyl (C=O) groups is 3. The van der Waals surface area contributed by atoms with E-state index in [9.17, 15) is 14.4 Å². The summed E-state index contributed by atoms with van der Waals surface area (Å²) in [6, 6.07) is 0. The number of esters is 1. The lowest BCUT2D eigenvalue weighted by atomic mass is 10.1. The van der Waals surface area contributed by atoms with E-state index < -0.39 is 10.3 Å². The van der Waals surface area contributed by atoms with Gasteiger partial charge in [0, 0.05) is 24.9 Å². The second-order valence-corrected chi connectivity index (χ2v) is 12.4. The fraction of sp³-hybridized carbons (Fsp3) is 0.750. The van der Waals surface area contributed by atoms with Gasteiger partial charge in [0.1, 0.15) is 16.1 Å². The van der Waals surface area contributed by atoms with Crippen LogP contribution in [-0.2, 0) is 25.5 Å². The van der Waals surface area contributed by atoms with E-state index in [4.69, 9.17) is 4.74 Å². The summed E-state index contributed by atoms with van der Waals surface area (Å²) >= 11 is 2.89. The van der Waals surface area contributed by atoms with Crippen LogP contribution in [0.3, 0.4) is 0 Å². The van der Waals surface area contributed by atoms with E-state index in [0.29, 0.717) is 19.5 Å². The molecule has 0 radical (unpaired) electrons. The number of rotatable bonds is 14. The van der Waals surface area contributed by atoms with E-state index in [1.807, 2.05) is 40.0 Å². The number of nitrogens with zero attached hydrogens (tertiary/aromatic N) is 2. The molecule has 8 heteroatoms. The molecule has 6 nitrogen and oxygen atoms in total. The molecule has 0 unspecified atom stereocenters. The number of hydrogen-bond acceptors (Lipinski definition) is 7. The first kappa shape index (κ1) is 28.6. The van der Waals surface area contributed by atoms with E-state index in [0.717, 1.165) is 22.9 Å². The average Bonchev–Trinajstić information content (AvgIpc) is 3.08. The number of thioether (sulfide) groups is 1. The zero-order valence-corrected chi connectivity index (χ0v) is 22.4. The summed E-state index contributed by atoms with van der Waals surface area (Å²) < 4.78 is 5.58. The Hall–Kier alpha value is -1.41. The molecule has 1 aromatic heterocycles. The van der Waals surface area contributed by atoms with Crippen LogP contribution < -0.4 is 0 Å². The van der Waals surface area contributed by atoms with Gasteiger partial charge in [0.2, 0.25) is 5.91 Å². The van der Waals surface area contributed by atoms with E-state index in [1.165, 1.54) is 49.3 Å². The number of unbranched alkanes of at least 4 members (excludes halogenated alkanes) is 4. The van der Waals surface area contributed by atoms with Gasteiger partial charge in [-0.25, -0.2) is 4.98 Å². The summed E-state index contributed by atoms with van der Waals surface area (Å²) in [5, 5.41) is 1.97. The Morgan fingerprint density at radius 3 is 2.31 bits per heavy atom. The first-order valence-corrected chi connectivity index (χ1v) is 13.2. The van der Waals surface area contributed by atoms with Crippen LogP contribution in [0.4, 0.5) is 0 Å². The quantitative estimate of drug-likeness (QED) is 0.146. The Balaban J connectivity index is 2.68. The van der Waals surface area contributed by atoms with Crippen LogP contribution in [0.1, 0.15) is 92.7 Å². The molecule has 0 aliphatic carbocycles. The molecule has 0 aliphatic rings. The van der Waals surface area contributed by atoms with Crippen molar-refractivity contribution in [3.05, 3.63) is 11.1 Å². The summed E-state index contributed by atoms with van der Waals surface area (Å²) in [4.78, 5) is 42.9. The fourth-order valence-electron chi connectivity index (χ4n) is 2.95. The first-order valence-electron chi connectivity index (χ1n) is 11.5. The Morgan fingerprint density at radius 1 is 1.06 bits per heavy atom. The van der Waals surface area contributed by atoms with Gasteiger partial charge in [-0.3, -0.25) is 14.4 Å². The Morgan fingerprint density at radius 2 is 1.72 bits per heavy atom. The molecular formula is C24H40N2O4S2. The highest BCUT2D eigenvalue weighted by molar-refractivity contribution is 8.03. The topological polar surface area (TPSA) is 76.6 Å². The monoisotopic (exact) mass is 484 g/mol. The van der Waals surface area contributed by atoms with Crippen molar-refractivity contribution in [1.29, 1.82) is 0 Å². The van der Waals surface area contributed by atoms with Crippen molar-refractivity contribution in [3.63, 3.8) is 0 Å². The fourth-order valence-corrected chi connectivity index (χ4v) is 5.22. The minimum Gasteiger partial charge on any atom is -0.459 e. The molecule has 182 valence electrons. The Labute approximate surface area is 201 Å². The number of amides is 1. The highest BCUT2D eigenvalue weighted by Gasteiger charge is 2.34.